The van der Waals surface area contributed by atoms with Crippen molar-refractivity contribution < 1.29 is 9.59 Å². The fourth-order valence-corrected chi connectivity index (χ4v) is 3.32. The maximum atomic E-state index is 12.5. The minimum Gasteiger partial charge on any atom is -0.376 e. The smallest absolute Gasteiger partial charge is 0.248 e. The fourth-order valence-electron chi connectivity index (χ4n) is 3.32. The van der Waals surface area contributed by atoms with Gasteiger partial charge in [-0.25, -0.2) is 0 Å². The van der Waals surface area contributed by atoms with Crippen LogP contribution in [0.3, 0.4) is 0 Å². The zero-order chi connectivity index (χ0) is 20.3. The van der Waals surface area contributed by atoms with E-state index in [0.29, 0.717) is 34.6 Å². The van der Waals surface area contributed by atoms with Crippen LogP contribution in [0.15, 0.2) is 35.2 Å². The lowest BCUT2D eigenvalue weighted by molar-refractivity contribution is -0.124. The molecule has 0 saturated heterocycles. The van der Waals surface area contributed by atoms with Crippen LogP contribution in [0.1, 0.15) is 36.2 Å². The van der Waals surface area contributed by atoms with Crippen molar-refractivity contribution in [2.75, 3.05) is 6.54 Å². The van der Waals surface area contributed by atoms with E-state index in [2.05, 4.69) is 27.0 Å². The number of carbonyl (C=O) groups excluding carboxylic acids is 2. The Balaban J connectivity index is 1.73. The molecule has 8 heteroatoms. The summed E-state index contributed by atoms with van der Waals surface area (Å²) < 4.78 is 0. The van der Waals surface area contributed by atoms with Crippen LogP contribution in [-0.2, 0) is 9.59 Å². The van der Waals surface area contributed by atoms with Crippen molar-refractivity contribution in [3.05, 3.63) is 58.4 Å². The van der Waals surface area contributed by atoms with E-state index in [1.807, 2.05) is 19.4 Å². The zero-order valence-electron chi connectivity index (χ0n) is 15.5. The average molecular weight is 375 g/mol. The highest BCUT2D eigenvalue weighted by Gasteiger charge is 2.30. The second-order valence-corrected chi connectivity index (χ2v) is 6.68. The van der Waals surface area contributed by atoms with E-state index < -0.39 is 0 Å². The van der Waals surface area contributed by atoms with Crippen molar-refractivity contribution in [3.8, 4) is 12.1 Å². The second kappa shape index (κ2) is 7.93. The number of nitrogens with one attached hydrogen (secondary N) is 3. The van der Waals surface area contributed by atoms with Crippen LogP contribution in [0.5, 0.6) is 0 Å². The largest absolute Gasteiger partial charge is 0.376 e. The van der Waals surface area contributed by atoms with Gasteiger partial charge in [-0.2, -0.15) is 10.5 Å². The van der Waals surface area contributed by atoms with Crippen LogP contribution in [0.4, 0.5) is 0 Å². The molecular formula is C20H19N6O2. The molecule has 0 saturated carbocycles. The minimum atomic E-state index is -0.376. The highest BCUT2D eigenvalue weighted by Crippen LogP contribution is 2.24. The first-order chi connectivity index (χ1) is 13.4. The monoisotopic (exact) mass is 375 g/mol. The van der Waals surface area contributed by atoms with Crippen molar-refractivity contribution >= 4 is 11.8 Å². The number of pyridine rings is 1. The highest BCUT2D eigenvalue weighted by molar-refractivity contribution is 6.01. The van der Waals surface area contributed by atoms with E-state index in [9.17, 15) is 14.9 Å². The lowest BCUT2D eigenvalue weighted by Crippen LogP contribution is -2.46. The van der Waals surface area contributed by atoms with Gasteiger partial charge in [0.2, 0.25) is 11.8 Å². The van der Waals surface area contributed by atoms with Gasteiger partial charge in [0.05, 0.1) is 29.8 Å². The topological polar surface area (TPSA) is 131 Å². The molecule has 1 aromatic heterocycles. The van der Waals surface area contributed by atoms with Crippen LogP contribution in [0.2, 0.25) is 0 Å². The number of nitriles is 2. The molecule has 8 nitrogen and oxygen atoms in total. The van der Waals surface area contributed by atoms with Crippen molar-refractivity contribution in [3.63, 3.8) is 0 Å². The first-order valence-corrected chi connectivity index (χ1v) is 8.81. The normalized spacial score (nSPS) is 19.2. The van der Waals surface area contributed by atoms with Crippen molar-refractivity contribution in [2.45, 2.75) is 32.4 Å². The molecule has 1 unspecified atom stereocenters. The number of fused-ring (bicyclic) bond motifs is 1. The minimum absolute atomic E-state index is 0.111. The Morgan fingerprint density at radius 3 is 2.89 bits per heavy atom. The standard InChI is InChI=1S/C20H19N6O2/c1-11-5-13(8-21)10-24-19(11)12(2)25-18(27)7-14-6-15-16(26-20(14)28)3-4-23-17(15)9-22/h3,5-6,10,12,16,23H,4,7H2,1-2H3,(H,25,27)(H,26,28)/t12-,16?/m0/s1. The van der Waals surface area contributed by atoms with E-state index in [0.717, 1.165) is 5.56 Å². The third-order valence-electron chi connectivity index (χ3n) is 4.66. The molecule has 0 aromatic carbocycles. The summed E-state index contributed by atoms with van der Waals surface area (Å²) in [6.07, 6.45) is 4.83. The second-order valence-electron chi connectivity index (χ2n) is 6.68. The maximum absolute atomic E-state index is 12.5. The number of allylic oxidation sites excluding steroid dienone is 1. The number of nitrogens with zero attached hydrogens (tertiary/aromatic N) is 3. The summed E-state index contributed by atoms with van der Waals surface area (Å²) in [6.45, 7) is 4.11. The van der Waals surface area contributed by atoms with Gasteiger partial charge in [-0.1, -0.05) is 0 Å². The van der Waals surface area contributed by atoms with Crippen molar-refractivity contribution in [1.29, 1.82) is 10.5 Å². The highest BCUT2D eigenvalue weighted by atomic mass is 16.2. The third-order valence-corrected chi connectivity index (χ3v) is 4.66. The van der Waals surface area contributed by atoms with Gasteiger partial charge < -0.3 is 16.0 Å². The van der Waals surface area contributed by atoms with Crippen LogP contribution in [-0.4, -0.2) is 29.4 Å². The van der Waals surface area contributed by atoms with Gasteiger partial charge in [-0.05, 0) is 31.6 Å². The van der Waals surface area contributed by atoms with Crippen LogP contribution in [0, 0.1) is 36.0 Å². The molecule has 2 atom stereocenters. The summed E-state index contributed by atoms with van der Waals surface area (Å²) in [4.78, 5) is 29.0. The molecule has 1 aromatic rings. The molecule has 0 bridgehead atoms. The van der Waals surface area contributed by atoms with Gasteiger partial charge >= 0.3 is 0 Å². The maximum Gasteiger partial charge on any atom is 0.248 e. The summed E-state index contributed by atoms with van der Waals surface area (Å²) in [6, 6.07) is 5.13. The Morgan fingerprint density at radius 1 is 1.43 bits per heavy atom. The van der Waals surface area contributed by atoms with Gasteiger partial charge in [0, 0.05) is 30.3 Å². The molecule has 3 heterocycles. The number of aromatic nitrogens is 1. The van der Waals surface area contributed by atoms with Gasteiger partial charge in [-0.3, -0.25) is 14.6 Å². The van der Waals surface area contributed by atoms with Gasteiger partial charge in [-0.15, -0.1) is 0 Å². The number of aryl methyl sites for hydroxylation is 1. The molecule has 1 radical (unpaired) electrons. The molecule has 0 spiro atoms. The molecular weight excluding hydrogens is 356 g/mol. The van der Waals surface area contributed by atoms with Crippen LogP contribution >= 0.6 is 0 Å². The third kappa shape index (κ3) is 3.86. The first kappa shape index (κ1) is 19.1. The van der Waals surface area contributed by atoms with Crippen molar-refractivity contribution in [2.24, 2.45) is 0 Å². The number of hydrogen-bond acceptors (Lipinski definition) is 6. The lowest BCUT2D eigenvalue weighted by Gasteiger charge is -2.30. The summed E-state index contributed by atoms with van der Waals surface area (Å²) in [5.41, 5.74) is 3.28. The molecule has 3 rings (SSSR count). The summed E-state index contributed by atoms with van der Waals surface area (Å²) >= 11 is 0. The van der Waals surface area contributed by atoms with E-state index in [4.69, 9.17) is 5.26 Å². The lowest BCUT2D eigenvalue weighted by atomic mass is 9.91. The summed E-state index contributed by atoms with van der Waals surface area (Å²) in [5, 5.41) is 26.8. The van der Waals surface area contributed by atoms with Gasteiger partial charge in [0.15, 0.2) is 0 Å². The number of hydrogen-bond donors (Lipinski definition) is 3. The SMILES string of the molecule is Cc1cc(C#N)cnc1[C@H](C)NC(=O)CC1=CC2=C(C#N)NC[CH]C2NC1=O. The Bertz CT molecular complexity index is 979. The van der Waals surface area contributed by atoms with E-state index in [1.54, 1.807) is 19.1 Å². The molecule has 2 aliphatic heterocycles. The molecule has 141 valence electrons. The molecule has 2 aliphatic rings. The van der Waals surface area contributed by atoms with Crippen LogP contribution < -0.4 is 16.0 Å². The van der Waals surface area contributed by atoms with Crippen molar-refractivity contribution in [1.82, 2.24) is 20.9 Å². The fraction of sp³-hybridized carbons (Fsp3) is 0.300. The first-order valence-electron chi connectivity index (χ1n) is 8.81. The van der Waals surface area contributed by atoms with E-state index in [1.165, 1.54) is 6.20 Å². The molecule has 0 fully saturated rings. The van der Waals surface area contributed by atoms with Crippen LogP contribution in [0.25, 0.3) is 0 Å². The number of carbonyl (C=O) groups is 2. The van der Waals surface area contributed by atoms with E-state index >= 15 is 0 Å². The predicted octanol–water partition coefficient (Wildman–Crippen LogP) is 0.839. The zero-order valence-corrected chi connectivity index (χ0v) is 15.5. The number of amides is 2. The Morgan fingerprint density at radius 2 is 2.21 bits per heavy atom. The van der Waals surface area contributed by atoms with E-state index in [-0.39, 0.29) is 30.3 Å². The summed E-state index contributed by atoms with van der Waals surface area (Å²) in [7, 11) is 0. The quantitative estimate of drug-likeness (QED) is 0.715. The number of rotatable bonds is 4. The molecule has 3 N–H and O–H groups in total. The summed E-state index contributed by atoms with van der Waals surface area (Å²) in [5.74, 6) is -0.649. The Hall–Kier alpha value is -3.65. The molecule has 28 heavy (non-hydrogen) atoms. The van der Waals surface area contributed by atoms with Gasteiger partial charge in [0.25, 0.3) is 0 Å². The molecule has 2 amide bonds. The molecule has 0 aliphatic carbocycles. The average Bonchev–Trinajstić information content (AvgIpc) is 2.67. The van der Waals surface area contributed by atoms with Gasteiger partial charge in [0.1, 0.15) is 17.8 Å². The predicted molar refractivity (Wildman–Crippen MR) is 99.8 cm³/mol. The Labute approximate surface area is 162 Å². The Kier molecular flexibility index (Phi) is 5.42.